The molecule has 2 heterocycles. The number of nitrogens with one attached hydrogen (secondary N) is 1. The molecule has 2 amide bonds. The van der Waals surface area contributed by atoms with Gasteiger partial charge in [-0.25, -0.2) is 0 Å². The molecular formula is C18H25N3O3. The minimum atomic E-state index is -0.217. The van der Waals surface area contributed by atoms with E-state index in [4.69, 9.17) is 4.74 Å². The third-order valence-electron chi connectivity index (χ3n) is 4.63. The summed E-state index contributed by atoms with van der Waals surface area (Å²) in [6.45, 7) is 3.60. The zero-order chi connectivity index (χ0) is 16.9. The first-order valence-corrected chi connectivity index (χ1v) is 8.66. The van der Waals surface area contributed by atoms with Crippen LogP contribution < -0.4 is 10.2 Å². The number of nitrogens with zero attached hydrogens (tertiary/aromatic N) is 2. The van der Waals surface area contributed by atoms with Crippen LogP contribution in [0.4, 0.5) is 11.4 Å². The van der Waals surface area contributed by atoms with Crippen molar-refractivity contribution in [2.75, 3.05) is 50.1 Å². The summed E-state index contributed by atoms with van der Waals surface area (Å²) in [6.07, 6.45) is 4.44. The summed E-state index contributed by atoms with van der Waals surface area (Å²) in [6, 6.07) is 5.63. The van der Waals surface area contributed by atoms with Gasteiger partial charge in [0, 0.05) is 44.7 Å². The van der Waals surface area contributed by atoms with Gasteiger partial charge in [0.15, 0.2) is 0 Å². The lowest BCUT2D eigenvalue weighted by Gasteiger charge is -2.24. The van der Waals surface area contributed by atoms with Gasteiger partial charge in [-0.15, -0.1) is 0 Å². The predicted octanol–water partition coefficient (Wildman–Crippen LogP) is 2.11. The highest BCUT2D eigenvalue weighted by molar-refractivity contribution is 6.02. The van der Waals surface area contributed by atoms with E-state index >= 15 is 0 Å². The fraction of sp³-hybridized carbons (Fsp3) is 0.556. The van der Waals surface area contributed by atoms with Crippen molar-refractivity contribution in [2.24, 2.45) is 0 Å². The van der Waals surface area contributed by atoms with Crippen LogP contribution in [0.3, 0.4) is 0 Å². The van der Waals surface area contributed by atoms with Crippen LogP contribution in [0.5, 0.6) is 0 Å². The Bertz CT molecular complexity index is 606. The van der Waals surface area contributed by atoms with Gasteiger partial charge in [0.1, 0.15) is 6.61 Å². The van der Waals surface area contributed by atoms with E-state index in [0.717, 1.165) is 57.5 Å². The van der Waals surface area contributed by atoms with Crippen molar-refractivity contribution in [1.29, 1.82) is 0 Å². The van der Waals surface area contributed by atoms with Crippen LogP contribution in [-0.4, -0.2) is 56.6 Å². The number of hydrogen-bond acceptors (Lipinski definition) is 4. The van der Waals surface area contributed by atoms with Gasteiger partial charge < -0.3 is 19.9 Å². The molecule has 0 radical (unpaired) electrons. The quantitative estimate of drug-likeness (QED) is 0.898. The normalized spacial score (nSPS) is 17.4. The lowest BCUT2D eigenvalue weighted by atomic mass is 10.1. The van der Waals surface area contributed by atoms with Crippen LogP contribution in [0.1, 0.15) is 36.0 Å². The predicted molar refractivity (Wildman–Crippen MR) is 93.5 cm³/mol. The standard InChI is InChI=1S/C18H25N3O3/c1-24-13-17(22)19-14-6-7-16(20-8-2-3-9-20)15(12-14)18(23)21-10-4-5-11-21/h6-7,12H,2-5,8-11,13H2,1H3,(H,19,22). The Morgan fingerprint density at radius 3 is 2.42 bits per heavy atom. The zero-order valence-corrected chi connectivity index (χ0v) is 14.2. The monoisotopic (exact) mass is 331 g/mol. The van der Waals surface area contributed by atoms with Crippen molar-refractivity contribution in [2.45, 2.75) is 25.7 Å². The SMILES string of the molecule is COCC(=O)Nc1ccc(N2CCCC2)c(C(=O)N2CCCC2)c1. The molecule has 0 spiro atoms. The number of benzene rings is 1. The number of carbonyl (C=O) groups excluding carboxylic acids is 2. The number of ether oxygens (including phenoxy) is 1. The van der Waals surface area contributed by atoms with Gasteiger partial charge in [-0.3, -0.25) is 9.59 Å². The van der Waals surface area contributed by atoms with E-state index in [1.807, 2.05) is 23.1 Å². The van der Waals surface area contributed by atoms with Crippen LogP contribution in [0.15, 0.2) is 18.2 Å². The van der Waals surface area contributed by atoms with E-state index in [1.54, 1.807) is 0 Å². The van der Waals surface area contributed by atoms with Crippen molar-refractivity contribution >= 4 is 23.2 Å². The van der Waals surface area contributed by atoms with Gasteiger partial charge in [0.05, 0.1) is 5.56 Å². The first-order valence-electron chi connectivity index (χ1n) is 8.66. The molecular weight excluding hydrogens is 306 g/mol. The van der Waals surface area contributed by atoms with Gasteiger partial charge in [0.25, 0.3) is 5.91 Å². The Hall–Kier alpha value is -2.08. The molecule has 24 heavy (non-hydrogen) atoms. The highest BCUT2D eigenvalue weighted by Gasteiger charge is 2.25. The summed E-state index contributed by atoms with van der Waals surface area (Å²) in [4.78, 5) is 28.9. The van der Waals surface area contributed by atoms with Crippen molar-refractivity contribution < 1.29 is 14.3 Å². The molecule has 1 N–H and O–H groups in total. The maximum absolute atomic E-state index is 13.0. The van der Waals surface area contributed by atoms with E-state index < -0.39 is 0 Å². The number of anilines is 2. The number of methoxy groups -OCH3 is 1. The molecule has 0 bridgehead atoms. The summed E-state index contributed by atoms with van der Waals surface area (Å²) < 4.78 is 4.84. The maximum Gasteiger partial charge on any atom is 0.256 e. The summed E-state index contributed by atoms with van der Waals surface area (Å²) in [5.41, 5.74) is 2.31. The second kappa shape index (κ2) is 7.66. The van der Waals surface area contributed by atoms with Crippen LogP contribution in [-0.2, 0) is 9.53 Å². The van der Waals surface area contributed by atoms with Gasteiger partial charge in [-0.05, 0) is 43.9 Å². The summed E-state index contributed by atoms with van der Waals surface area (Å²) in [7, 11) is 1.48. The van der Waals surface area contributed by atoms with Crippen LogP contribution in [0, 0.1) is 0 Å². The lowest BCUT2D eigenvalue weighted by Crippen LogP contribution is -2.30. The Balaban J connectivity index is 1.87. The number of likely N-dealkylation sites (tertiary alicyclic amines) is 1. The Morgan fingerprint density at radius 1 is 1.08 bits per heavy atom. The molecule has 2 aliphatic heterocycles. The fourth-order valence-electron chi connectivity index (χ4n) is 3.44. The average Bonchev–Trinajstić information content (AvgIpc) is 3.28. The first-order chi connectivity index (χ1) is 11.7. The minimum absolute atomic E-state index is 0.00326. The Labute approximate surface area is 142 Å². The molecule has 0 saturated carbocycles. The highest BCUT2D eigenvalue weighted by Crippen LogP contribution is 2.29. The number of hydrogen-bond donors (Lipinski definition) is 1. The van der Waals surface area contributed by atoms with Crippen LogP contribution >= 0.6 is 0 Å². The third-order valence-corrected chi connectivity index (χ3v) is 4.63. The Morgan fingerprint density at radius 2 is 1.75 bits per heavy atom. The lowest BCUT2D eigenvalue weighted by molar-refractivity contribution is -0.119. The molecule has 0 aromatic heterocycles. The van der Waals surface area contributed by atoms with E-state index in [0.29, 0.717) is 11.3 Å². The molecule has 2 fully saturated rings. The molecule has 1 aromatic carbocycles. The number of amides is 2. The molecule has 2 aliphatic rings. The molecule has 2 saturated heterocycles. The molecule has 0 unspecified atom stereocenters. The molecule has 1 aromatic rings. The van der Waals surface area contributed by atoms with Gasteiger partial charge in [0.2, 0.25) is 5.91 Å². The van der Waals surface area contributed by atoms with Crippen molar-refractivity contribution in [3.05, 3.63) is 23.8 Å². The minimum Gasteiger partial charge on any atom is -0.375 e. The van der Waals surface area contributed by atoms with Crippen LogP contribution in [0.25, 0.3) is 0 Å². The first kappa shape index (κ1) is 16.8. The molecule has 6 heteroatoms. The summed E-state index contributed by atoms with van der Waals surface area (Å²) in [5.74, 6) is -0.150. The number of rotatable bonds is 5. The van der Waals surface area contributed by atoms with Crippen molar-refractivity contribution in [3.8, 4) is 0 Å². The van der Waals surface area contributed by atoms with Gasteiger partial charge >= 0.3 is 0 Å². The van der Waals surface area contributed by atoms with E-state index in [9.17, 15) is 9.59 Å². The molecule has 3 rings (SSSR count). The average molecular weight is 331 g/mol. The second-order valence-corrected chi connectivity index (χ2v) is 6.41. The van der Waals surface area contributed by atoms with Crippen molar-refractivity contribution in [1.82, 2.24) is 4.90 Å². The maximum atomic E-state index is 13.0. The molecule has 130 valence electrons. The van der Waals surface area contributed by atoms with Crippen LogP contribution in [0.2, 0.25) is 0 Å². The summed E-state index contributed by atoms with van der Waals surface area (Å²) >= 11 is 0. The van der Waals surface area contributed by atoms with E-state index in [1.165, 1.54) is 7.11 Å². The highest BCUT2D eigenvalue weighted by atomic mass is 16.5. The largest absolute Gasteiger partial charge is 0.375 e. The topological polar surface area (TPSA) is 61.9 Å². The van der Waals surface area contributed by atoms with Gasteiger partial charge in [-0.2, -0.15) is 0 Å². The number of carbonyl (C=O) groups is 2. The Kier molecular flexibility index (Phi) is 5.35. The zero-order valence-electron chi connectivity index (χ0n) is 14.2. The molecule has 0 aliphatic carbocycles. The molecule has 0 atom stereocenters. The summed E-state index contributed by atoms with van der Waals surface area (Å²) in [5, 5.41) is 2.79. The third kappa shape index (κ3) is 3.70. The van der Waals surface area contributed by atoms with E-state index in [-0.39, 0.29) is 18.4 Å². The fourth-order valence-corrected chi connectivity index (χ4v) is 3.44. The van der Waals surface area contributed by atoms with Crippen molar-refractivity contribution in [3.63, 3.8) is 0 Å². The van der Waals surface area contributed by atoms with E-state index in [2.05, 4.69) is 10.2 Å². The smallest absolute Gasteiger partial charge is 0.256 e. The van der Waals surface area contributed by atoms with Gasteiger partial charge in [-0.1, -0.05) is 0 Å². The molecule has 6 nitrogen and oxygen atoms in total. The second-order valence-electron chi connectivity index (χ2n) is 6.41.